The third-order valence-electron chi connectivity index (χ3n) is 8.20. The Morgan fingerprint density at radius 2 is 1.20 bits per heavy atom. The number of nitrogens with two attached hydrogens (primary N) is 3. The van der Waals surface area contributed by atoms with Gasteiger partial charge in [-0.25, -0.2) is 4.79 Å². The maximum absolute atomic E-state index is 13.9. The van der Waals surface area contributed by atoms with Gasteiger partial charge in [0.1, 0.15) is 36.0 Å². The Labute approximate surface area is 313 Å². The third-order valence-corrected chi connectivity index (χ3v) is 8.20. The Hall–Kier alpha value is -5.30. The number of hydrogen-bond donors (Lipinski definition) is 11. The zero-order valence-corrected chi connectivity index (χ0v) is 31.1. The molecule has 0 radical (unpaired) electrons. The maximum Gasteiger partial charge on any atom is 0.326 e. The number of primary amides is 1. The summed E-state index contributed by atoms with van der Waals surface area (Å²) in [7, 11) is 0. The Morgan fingerprint density at radius 1 is 0.685 bits per heavy atom. The van der Waals surface area contributed by atoms with Gasteiger partial charge in [-0.1, -0.05) is 39.8 Å². The van der Waals surface area contributed by atoms with Gasteiger partial charge in [0.15, 0.2) is 0 Å². The van der Waals surface area contributed by atoms with Crippen LogP contribution < -0.4 is 43.8 Å². The highest BCUT2D eigenvalue weighted by Gasteiger charge is 2.34. The number of carbonyl (C=O) groups excluding carboxylic acids is 6. The monoisotopic (exact) mass is 764 g/mol. The second-order valence-corrected chi connectivity index (χ2v) is 13.8. The Balaban J connectivity index is 3.45. The van der Waals surface area contributed by atoms with E-state index in [4.69, 9.17) is 22.3 Å². The fraction of sp³-hybridized carbons (Fsp3) is 0.600. The summed E-state index contributed by atoms with van der Waals surface area (Å²) in [5, 5.41) is 40.9. The summed E-state index contributed by atoms with van der Waals surface area (Å²) in [5.41, 5.74) is 17.1. The largest absolute Gasteiger partial charge is 0.508 e. The molecule has 0 fully saturated rings. The molecule has 0 unspecified atom stereocenters. The molecule has 0 spiro atoms. The lowest BCUT2D eigenvalue weighted by Gasteiger charge is -2.28. The van der Waals surface area contributed by atoms with Gasteiger partial charge in [-0.3, -0.25) is 33.6 Å². The lowest BCUT2D eigenvalue weighted by Crippen LogP contribution is -2.60. The number of nitrogens with one attached hydrogen (secondary N) is 5. The standard InChI is InChI=1S/C35H56N8O11/c1-18(2)15-26(35(53)54)42-32(50)24(12-13-27(38)45)39-33(51)25(16-20-8-10-21(44)11-9-20)41-31(49)23(7-5-6-14-36)40-34(52)29(19(3)4)43-30(48)22(37)17-28(46)47/h8-11,18-19,22-26,29,44H,5-7,12-17,36-37H2,1-4H3,(H2,38,45)(H,39,51)(H,40,52)(H,41,49)(H,42,50)(H,43,48)(H,46,47)(H,53,54)/t22-,23-,24-,25-,26-,29-/m0/s1. The first-order valence-corrected chi connectivity index (χ1v) is 17.7. The predicted octanol–water partition coefficient (Wildman–Crippen LogP) is -1.66. The number of aromatic hydroxyl groups is 1. The molecule has 54 heavy (non-hydrogen) atoms. The summed E-state index contributed by atoms with van der Waals surface area (Å²) < 4.78 is 0. The van der Waals surface area contributed by atoms with E-state index in [1.165, 1.54) is 24.3 Å². The summed E-state index contributed by atoms with van der Waals surface area (Å²) in [5.74, 6) is -8.43. The minimum atomic E-state index is -1.45. The quantitative estimate of drug-likeness (QED) is 0.0498. The van der Waals surface area contributed by atoms with Crippen LogP contribution in [0.1, 0.15) is 78.2 Å². The van der Waals surface area contributed by atoms with Crippen LogP contribution in [0.15, 0.2) is 24.3 Å². The van der Waals surface area contributed by atoms with Crippen molar-refractivity contribution < 1.29 is 53.7 Å². The van der Waals surface area contributed by atoms with Crippen LogP contribution >= 0.6 is 0 Å². The number of unbranched alkanes of at least 4 members (excludes halogenated alkanes) is 1. The fourth-order valence-electron chi connectivity index (χ4n) is 5.24. The topological polar surface area (TPSA) is 335 Å². The van der Waals surface area contributed by atoms with E-state index in [-0.39, 0.29) is 50.3 Å². The molecule has 1 aromatic carbocycles. The molecule has 0 saturated carbocycles. The highest BCUT2D eigenvalue weighted by Crippen LogP contribution is 2.14. The fourth-order valence-corrected chi connectivity index (χ4v) is 5.24. The minimum absolute atomic E-state index is 0.0513. The van der Waals surface area contributed by atoms with Crippen molar-refractivity contribution in [1.29, 1.82) is 0 Å². The number of carboxylic acids is 2. The van der Waals surface area contributed by atoms with Crippen molar-refractivity contribution in [2.45, 2.75) is 115 Å². The third kappa shape index (κ3) is 17.5. The summed E-state index contributed by atoms with van der Waals surface area (Å²) in [6.07, 6.45) is -0.547. The lowest BCUT2D eigenvalue weighted by molar-refractivity contribution is -0.143. The number of carboxylic acid groups (broad SMARTS) is 2. The van der Waals surface area contributed by atoms with Crippen molar-refractivity contribution in [3.63, 3.8) is 0 Å². The van der Waals surface area contributed by atoms with E-state index >= 15 is 0 Å². The van der Waals surface area contributed by atoms with E-state index in [0.717, 1.165) is 0 Å². The van der Waals surface area contributed by atoms with Gasteiger partial charge in [0, 0.05) is 12.8 Å². The van der Waals surface area contributed by atoms with Crippen molar-refractivity contribution in [3.05, 3.63) is 29.8 Å². The predicted molar refractivity (Wildman–Crippen MR) is 195 cm³/mol. The zero-order chi connectivity index (χ0) is 41.1. The molecule has 19 heteroatoms. The molecule has 0 saturated heterocycles. The van der Waals surface area contributed by atoms with E-state index in [1.54, 1.807) is 27.7 Å². The van der Waals surface area contributed by atoms with E-state index in [9.17, 15) is 48.6 Å². The number of amides is 6. The van der Waals surface area contributed by atoms with E-state index in [1.807, 2.05) is 0 Å². The average Bonchev–Trinajstić information content (AvgIpc) is 3.07. The second kappa shape index (κ2) is 23.4. The minimum Gasteiger partial charge on any atom is -0.508 e. The van der Waals surface area contributed by atoms with Gasteiger partial charge in [0.05, 0.1) is 12.5 Å². The molecule has 6 atom stereocenters. The van der Waals surface area contributed by atoms with Crippen LogP contribution in [0.4, 0.5) is 0 Å². The second-order valence-electron chi connectivity index (χ2n) is 13.8. The Kier molecular flexibility index (Phi) is 20.2. The van der Waals surface area contributed by atoms with Crippen LogP contribution in [0.3, 0.4) is 0 Å². The molecular weight excluding hydrogens is 708 g/mol. The van der Waals surface area contributed by atoms with Crippen LogP contribution in [0.25, 0.3) is 0 Å². The number of carbonyl (C=O) groups is 8. The van der Waals surface area contributed by atoms with Crippen LogP contribution in [-0.4, -0.2) is 105 Å². The molecule has 0 aliphatic heterocycles. The van der Waals surface area contributed by atoms with Gasteiger partial charge in [-0.05, 0) is 68.2 Å². The molecular formula is C35H56N8O11. The lowest BCUT2D eigenvalue weighted by atomic mass is 10.00. The molecule has 6 amide bonds. The SMILES string of the molecule is CC(C)C[C@H](NC(=O)[C@H](CCC(N)=O)NC(=O)[C@H](Cc1ccc(O)cc1)NC(=O)[C@H](CCCCN)NC(=O)[C@@H](NC(=O)[C@@H](N)CC(=O)O)C(C)C)C(=O)O. The van der Waals surface area contributed by atoms with Crippen molar-refractivity contribution in [1.82, 2.24) is 26.6 Å². The van der Waals surface area contributed by atoms with E-state index in [0.29, 0.717) is 18.4 Å². The smallest absolute Gasteiger partial charge is 0.326 e. The molecule has 1 rings (SSSR count). The summed E-state index contributed by atoms with van der Waals surface area (Å²) in [6.45, 7) is 7.01. The highest BCUT2D eigenvalue weighted by atomic mass is 16.4. The molecule has 0 aromatic heterocycles. The van der Waals surface area contributed by atoms with Crippen molar-refractivity contribution >= 4 is 47.4 Å². The maximum atomic E-state index is 13.9. The Morgan fingerprint density at radius 3 is 1.70 bits per heavy atom. The van der Waals surface area contributed by atoms with Crippen LogP contribution in [0.5, 0.6) is 5.75 Å². The first kappa shape index (κ1) is 46.7. The molecule has 0 bridgehead atoms. The molecule has 0 heterocycles. The van der Waals surface area contributed by atoms with Gasteiger partial charge in [-0.15, -0.1) is 0 Å². The Bertz CT molecular complexity index is 1450. The van der Waals surface area contributed by atoms with Crippen LogP contribution in [-0.2, 0) is 44.8 Å². The number of benzene rings is 1. The van der Waals surface area contributed by atoms with E-state index in [2.05, 4.69) is 26.6 Å². The average molecular weight is 765 g/mol. The molecule has 302 valence electrons. The highest BCUT2D eigenvalue weighted by molar-refractivity contribution is 5.97. The molecule has 0 aliphatic carbocycles. The summed E-state index contributed by atoms with van der Waals surface area (Å²) >= 11 is 0. The van der Waals surface area contributed by atoms with Gasteiger partial charge in [0.2, 0.25) is 35.4 Å². The van der Waals surface area contributed by atoms with Gasteiger partial charge >= 0.3 is 11.9 Å². The van der Waals surface area contributed by atoms with Gasteiger partial charge in [-0.2, -0.15) is 0 Å². The zero-order valence-electron chi connectivity index (χ0n) is 31.1. The molecule has 0 aliphatic rings. The number of phenols is 1. The number of hydrogen-bond acceptors (Lipinski definition) is 11. The number of phenolic OH excluding ortho intramolecular Hbond substituents is 1. The van der Waals surface area contributed by atoms with Crippen molar-refractivity contribution in [2.24, 2.45) is 29.0 Å². The molecule has 14 N–H and O–H groups in total. The number of rotatable bonds is 25. The normalized spacial score (nSPS) is 14.4. The first-order valence-electron chi connectivity index (χ1n) is 17.7. The number of aliphatic carboxylic acids is 2. The van der Waals surface area contributed by atoms with E-state index < -0.39 is 96.0 Å². The first-order chi connectivity index (χ1) is 25.2. The summed E-state index contributed by atoms with van der Waals surface area (Å²) in [4.78, 5) is 102. The van der Waals surface area contributed by atoms with Crippen LogP contribution in [0.2, 0.25) is 0 Å². The summed E-state index contributed by atoms with van der Waals surface area (Å²) in [6, 6.07) is -2.41. The van der Waals surface area contributed by atoms with Crippen molar-refractivity contribution in [3.8, 4) is 5.75 Å². The van der Waals surface area contributed by atoms with Gasteiger partial charge < -0.3 is 59.1 Å². The molecule has 19 nitrogen and oxygen atoms in total. The van der Waals surface area contributed by atoms with Crippen molar-refractivity contribution in [2.75, 3.05) is 6.54 Å². The van der Waals surface area contributed by atoms with Crippen LogP contribution in [0, 0.1) is 11.8 Å². The van der Waals surface area contributed by atoms with Gasteiger partial charge in [0.25, 0.3) is 0 Å². The molecule has 1 aromatic rings.